The molecule has 0 heterocycles. The highest BCUT2D eigenvalue weighted by molar-refractivity contribution is 9.11. The zero-order valence-electron chi connectivity index (χ0n) is 9.81. The minimum absolute atomic E-state index is 0.153. The van der Waals surface area contributed by atoms with E-state index < -0.39 is 0 Å². The van der Waals surface area contributed by atoms with Gasteiger partial charge in [-0.05, 0) is 47.0 Å². The zero-order valence-corrected chi connectivity index (χ0v) is 13.0. The maximum absolute atomic E-state index is 8.74. The van der Waals surface area contributed by atoms with E-state index in [4.69, 9.17) is 16.4 Å². The molecule has 1 aromatic carbocycles. The van der Waals surface area contributed by atoms with Gasteiger partial charge < -0.3 is 5.73 Å². The smallest absolute Gasteiger partial charge is 0.201 e. The van der Waals surface area contributed by atoms with Gasteiger partial charge in [0.15, 0.2) is 5.84 Å². The normalized spacial score (nSPS) is 10.9. The minimum atomic E-state index is -0.369. The third-order valence-electron chi connectivity index (χ3n) is 2.25. The first kappa shape index (κ1) is 14.7. The Balaban J connectivity index is 3.15. The van der Waals surface area contributed by atoms with Crippen molar-refractivity contribution in [2.45, 2.75) is 13.8 Å². The summed E-state index contributed by atoms with van der Waals surface area (Å²) in [5.74, 6) is -0.369. The van der Waals surface area contributed by atoms with Gasteiger partial charge in [0.25, 0.3) is 0 Å². The Labute approximate surface area is 122 Å². The van der Waals surface area contributed by atoms with Crippen LogP contribution in [-0.2, 0) is 0 Å². The quantitative estimate of drug-likeness (QED) is 0.432. The number of halogens is 2. The average Bonchev–Trinajstić information content (AvgIpc) is 2.33. The van der Waals surface area contributed by atoms with E-state index in [0.717, 1.165) is 20.1 Å². The van der Waals surface area contributed by atoms with Gasteiger partial charge in [-0.2, -0.15) is 10.4 Å². The molecule has 0 bridgehead atoms. The van der Waals surface area contributed by atoms with Crippen molar-refractivity contribution in [3.8, 4) is 6.07 Å². The van der Waals surface area contributed by atoms with Gasteiger partial charge in [-0.1, -0.05) is 15.9 Å². The highest BCUT2D eigenvalue weighted by atomic mass is 79.9. The molecule has 18 heavy (non-hydrogen) atoms. The first-order valence-corrected chi connectivity index (χ1v) is 6.50. The molecule has 0 aromatic heterocycles. The third-order valence-corrected chi connectivity index (χ3v) is 4.49. The van der Waals surface area contributed by atoms with E-state index in [0.29, 0.717) is 5.69 Å². The zero-order chi connectivity index (χ0) is 13.9. The van der Waals surface area contributed by atoms with Gasteiger partial charge in [-0.3, -0.25) is 10.8 Å². The number of nitrogens with two attached hydrogens (primary N) is 1. The van der Waals surface area contributed by atoms with Crippen molar-refractivity contribution in [2.75, 3.05) is 5.43 Å². The molecule has 0 spiro atoms. The molecule has 0 fully saturated rings. The van der Waals surface area contributed by atoms with Crippen molar-refractivity contribution < 1.29 is 0 Å². The highest BCUT2D eigenvalue weighted by Crippen LogP contribution is 2.34. The summed E-state index contributed by atoms with van der Waals surface area (Å²) in [6.07, 6.45) is 0. The Morgan fingerprint density at radius 3 is 2.56 bits per heavy atom. The van der Waals surface area contributed by atoms with E-state index in [2.05, 4.69) is 42.4 Å². The predicted molar refractivity (Wildman–Crippen MR) is 79.9 cm³/mol. The molecular formula is C11H11Br2N5. The summed E-state index contributed by atoms with van der Waals surface area (Å²) in [5, 5.41) is 19.7. The van der Waals surface area contributed by atoms with E-state index in [1.807, 2.05) is 19.9 Å². The summed E-state index contributed by atoms with van der Waals surface area (Å²) >= 11 is 6.93. The maximum atomic E-state index is 8.74. The van der Waals surface area contributed by atoms with Crippen molar-refractivity contribution in [1.29, 1.82) is 10.7 Å². The lowest BCUT2D eigenvalue weighted by Crippen LogP contribution is -2.21. The summed E-state index contributed by atoms with van der Waals surface area (Å²) < 4.78 is 1.85. The molecule has 94 valence electrons. The van der Waals surface area contributed by atoms with Crippen LogP contribution in [0.4, 0.5) is 5.69 Å². The molecule has 0 aliphatic rings. The molecule has 0 atom stereocenters. The molecular weight excluding hydrogens is 362 g/mol. The predicted octanol–water partition coefficient (Wildman–Crippen LogP) is 3.06. The summed E-state index contributed by atoms with van der Waals surface area (Å²) in [7, 11) is 0. The van der Waals surface area contributed by atoms with Crippen molar-refractivity contribution in [3.05, 3.63) is 26.1 Å². The summed E-state index contributed by atoms with van der Waals surface area (Å²) in [6, 6.07) is 3.62. The van der Waals surface area contributed by atoms with Crippen molar-refractivity contribution in [1.82, 2.24) is 0 Å². The number of nitriles is 1. The Bertz CT molecular complexity index is 572. The lowest BCUT2D eigenvalue weighted by atomic mass is 10.1. The van der Waals surface area contributed by atoms with Crippen LogP contribution in [0.15, 0.2) is 20.1 Å². The summed E-state index contributed by atoms with van der Waals surface area (Å²) in [6.45, 7) is 3.90. The van der Waals surface area contributed by atoms with Crippen molar-refractivity contribution >= 4 is 49.1 Å². The highest BCUT2D eigenvalue weighted by Gasteiger charge is 2.09. The number of hydrogen-bond acceptors (Lipinski definition) is 4. The number of aryl methyl sites for hydroxylation is 1. The molecule has 7 heteroatoms. The topological polar surface area (TPSA) is 98.0 Å². The van der Waals surface area contributed by atoms with E-state index >= 15 is 0 Å². The van der Waals surface area contributed by atoms with Gasteiger partial charge in [-0.25, -0.2) is 0 Å². The average molecular weight is 373 g/mol. The van der Waals surface area contributed by atoms with Crippen LogP contribution in [-0.4, -0.2) is 11.5 Å². The van der Waals surface area contributed by atoms with Gasteiger partial charge in [-0.15, -0.1) is 0 Å². The molecule has 0 saturated heterocycles. The Hall–Kier alpha value is -1.39. The Morgan fingerprint density at radius 2 is 2.06 bits per heavy atom. The lowest BCUT2D eigenvalue weighted by Gasteiger charge is -2.11. The number of nitrogens with one attached hydrogen (secondary N) is 2. The van der Waals surface area contributed by atoms with E-state index in [9.17, 15) is 0 Å². The fourth-order valence-electron chi connectivity index (χ4n) is 1.28. The SMILES string of the molecule is Cc1cc(N/N=C(\C#N)C(=N)N)c(Br)c(C)c1Br. The van der Waals surface area contributed by atoms with Crippen LogP contribution < -0.4 is 11.2 Å². The number of benzene rings is 1. The number of rotatable bonds is 3. The first-order valence-electron chi connectivity index (χ1n) is 4.91. The molecule has 0 saturated carbocycles. The second-order valence-corrected chi connectivity index (χ2v) is 5.18. The Morgan fingerprint density at radius 1 is 1.44 bits per heavy atom. The molecule has 0 unspecified atom stereocenters. The van der Waals surface area contributed by atoms with Gasteiger partial charge in [0.1, 0.15) is 6.07 Å². The second-order valence-electron chi connectivity index (χ2n) is 3.59. The standard InChI is InChI=1S/C11H11Br2N5/c1-5-3-7(10(13)6(2)9(5)12)17-18-8(4-14)11(15)16/h3,17H,1-2H3,(H3,15,16)/b18-8+. The maximum Gasteiger partial charge on any atom is 0.201 e. The van der Waals surface area contributed by atoms with Crippen molar-refractivity contribution in [3.63, 3.8) is 0 Å². The fourth-order valence-corrected chi connectivity index (χ4v) is 2.26. The first-order chi connectivity index (χ1) is 8.38. The van der Waals surface area contributed by atoms with E-state index in [-0.39, 0.29) is 11.5 Å². The number of amidine groups is 1. The summed E-state index contributed by atoms with van der Waals surface area (Å²) in [4.78, 5) is 0. The fraction of sp³-hybridized carbons (Fsp3) is 0.182. The van der Waals surface area contributed by atoms with Gasteiger partial charge in [0, 0.05) is 8.95 Å². The molecule has 0 aliphatic carbocycles. The number of hydrogen-bond donors (Lipinski definition) is 3. The van der Waals surface area contributed by atoms with Gasteiger partial charge in [0.05, 0.1) is 5.69 Å². The number of nitrogens with zero attached hydrogens (tertiary/aromatic N) is 2. The second kappa shape index (κ2) is 5.98. The van der Waals surface area contributed by atoms with Crippen LogP contribution in [0.3, 0.4) is 0 Å². The lowest BCUT2D eigenvalue weighted by molar-refractivity contribution is 1.26. The molecule has 1 aromatic rings. The molecule has 5 nitrogen and oxygen atoms in total. The number of anilines is 1. The van der Waals surface area contributed by atoms with Crippen LogP contribution in [0.1, 0.15) is 11.1 Å². The van der Waals surface area contributed by atoms with Crippen LogP contribution in [0.5, 0.6) is 0 Å². The summed E-state index contributed by atoms with van der Waals surface area (Å²) in [5.41, 5.74) is 10.6. The molecule has 0 radical (unpaired) electrons. The molecule has 0 aliphatic heterocycles. The van der Waals surface area contributed by atoms with Crippen LogP contribution in [0.25, 0.3) is 0 Å². The third kappa shape index (κ3) is 3.09. The number of hydrazone groups is 1. The Kier molecular flexibility index (Phi) is 4.87. The largest absolute Gasteiger partial charge is 0.382 e. The molecule has 0 amide bonds. The monoisotopic (exact) mass is 371 g/mol. The van der Waals surface area contributed by atoms with Crippen molar-refractivity contribution in [2.24, 2.45) is 10.8 Å². The van der Waals surface area contributed by atoms with Gasteiger partial charge >= 0.3 is 0 Å². The van der Waals surface area contributed by atoms with Crippen LogP contribution in [0, 0.1) is 30.6 Å². The molecule has 4 N–H and O–H groups in total. The van der Waals surface area contributed by atoms with Crippen LogP contribution in [0.2, 0.25) is 0 Å². The molecule has 1 rings (SSSR count). The van der Waals surface area contributed by atoms with Crippen LogP contribution >= 0.6 is 31.9 Å². The van der Waals surface area contributed by atoms with E-state index in [1.54, 1.807) is 6.07 Å². The minimum Gasteiger partial charge on any atom is -0.382 e. The van der Waals surface area contributed by atoms with E-state index in [1.165, 1.54) is 0 Å². The van der Waals surface area contributed by atoms with Gasteiger partial charge in [0.2, 0.25) is 5.71 Å².